The van der Waals surface area contributed by atoms with E-state index in [4.69, 9.17) is 20.3 Å². The molecule has 0 spiro atoms. The molecule has 1 fully saturated rings. The minimum absolute atomic E-state index is 0.0114. The molecule has 1 saturated heterocycles. The van der Waals surface area contributed by atoms with Crippen LogP contribution in [0.5, 0.6) is 5.75 Å². The summed E-state index contributed by atoms with van der Waals surface area (Å²) in [6.45, 7) is 2.06. The Morgan fingerprint density at radius 3 is 2.90 bits per heavy atom. The Kier molecular flexibility index (Phi) is 6.71. The van der Waals surface area contributed by atoms with Gasteiger partial charge in [0.25, 0.3) is 0 Å². The first-order chi connectivity index (χ1) is 14.0. The second-order valence-corrected chi connectivity index (χ2v) is 6.94. The molecule has 0 saturated carbocycles. The van der Waals surface area contributed by atoms with Gasteiger partial charge in [-0.2, -0.15) is 9.97 Å². The maximum atomic E-state index is 11.9. The minimum Gasteiger partial charge on any atom is -0.496 e. The van der Waals surface area contributed by atoms with Crippen LogP contribution in [0.1, 0.15) is 22.3 Å². The van der Waals surface area contributed by atoms with Crippen LogP contribution in [0, 0.1) is 5.92 Å². The molecule has 0 amide bonds. The van der Waals surface area contributed by atoms with E-state index < -0.39 is 0 Å². The number of nitrogens with zero attached hydrogens (tertiary/aromatic N) is 3. The van der Waals surface area contributed by atoms with Crippen molar-refractivity contribution in [3.8, 4) is 5.75 Å². The van der Waals surface area contributed by atoms with Crippen LogP contribution in [0.3, 0.4) is 0 Å². The Bertz CT molecular complexity index is 861. The van der Waals surface area contributed by atoms with Gasteiger partial charge in [-0.25, -0.2) is 4.79 Å². The van der Waals surface area contributed by atoms with Crippen molar-refractivity contribution >= 4 is 23.6 Å². The van der Waals surface area contributed by atoms with Crippen molar-refractivity contribution < 1.29 is 19.4 Å². The largest absolute Gasteiger partial charge is 0.496 e. The standard InChI is InChI=1S/C20H27N5O4/c1-28-16-4-3-14(19(27)29-2)10-15(16)9-13-5-7-25(12-13)18-11-17(22-6-8-26)23-20(21)24-18/h3-4,10-11,13,26H,5-9,12H2,1-2H3,(H3,21,22,23,24). The molecule has 1 aromatic carbocycles. The van der Waals surface area contributed by atoms with E-state index in [1.54, 1.807) is 19.2 Å². The summed E-state index contributed by atoms with van der Waals surface area (Å²) < 4.78 is 10.3. The number of nitrogens with one attached hydrogen (secondary N) is 1. The number of benzene rings is 1. The molecule has 0 aliphatic carbocycles. The van der Waals surface area contributed by atoms with Gasteiger partial charge in [0.1, 0.15) is 17.4 Å². The maximum absolute atomic E-state index is 11.9. The molecular weight excluding hydrogens is 374 g/mol. The molecule has 1 unspecified atom stereocenters. The summed E-state index contributed by atoms with van der Waals surface area (Å²) in [5, 5.41) is 12.0. The van der Waals surface area contributed by atoms with Crippen molar-refractivity contribution in [2.75, 3.05) is 56.4 Å². The van der Waals surface area contributed by atoms with E-state index in [2.05, 4.69) is 20.2 Å². The van der Waals surface area contributed by atoms with Crippen LogP contribution in [0.2, 0.25) is 0 Å². The fraction of sp³-hybridized carbons (Fsp3) is 0.450. The van der Waals surface area contributed by atoms with Crippen LogP contribution >= 0.6 is 0 Å². The number of esters is 1. The third-order valence-electron chi connectivity index (χ3n) is 4.97. The summed E-state index contributed by atoms with van der Waals surface area (Å²) in [7, 11) is 3.00. The van der Waals surface area contributed by atoms with E-state index >= 15 is 0 Å². The monoisotopic (exact) mass is 401 g/mol. The highest BCUT2D eigenvalue weighted by molar-refractivity contribution is 5.89. The number of aromatic nitrogens is 2. The first-order valence-corrected chi connectivity index (χ1v) is 9.53. The molecule has 3 rings (SSSR count). The normalized spacial score (nSPS) is 16.0. The lowest BCUT2D eigenvalue weighted by Gasteiger charge is -2.19. The number of hydrogen-bond donors (Lipinski definition) is 3. The molecule has 1 atom stereocenters. The SMILES string of the molecule is COC(=O)c1ccc(OC)c(CC2CCN(c3cc(NCCO)nc(N)n3)C2)c1. The highest BCUT2D eigenvalue weighted by Crippen LogP contribution is 2.30. The first kappa shape index (κ1) is 20.7. The average molecular weight is 401 g/mol. The van der Waals surface area contributed by atoms with Crippen LogP contribution < -0.4 is 20.7 Å². The molecule has 9 nitrogen and oxygen atoms in total. The number of anilines is 3. The summed E-state index contributed by atoms with van der Waals surface area (Å²) in [4.78, 5) is 22.5. The maximum Gasteiger partial charge on any atom is 0.337 e. The number of rotatable bonds is 8. The summed E-state index contributed by atoms with van der Waals surface area (Å²) in [6, 6.07) is 7.19. The van der Waals surface area contributed by atoms with Gasteiger partial charge in [-0.3, -0.25) is 0 Å². The number of nitrogen functional groups attached to an aromatic ring is 1. The van der Waals surface area contributed by atoms with Crippen molar-refractivity contribution in [3.63, 3.8) is 0 Å². The Morgan fingerprint density at radius 1 is 1.34 bits per heavy atom. The fourth-order valence-corrected chi connectivity index (χ4v) is 3.59. The number of nitrogens with two attached hydrogens (primary N) is 1. The quantitative estimate of drug-likeness (QED) is 0.562. The van der Waals surface area contributed by atoms with Crippen LogP contribution in [0.15, 0.2) is 24.3 Å². The second kappa shape index (κ2) is 9.42. The van der Waals surface area contributed by atoms with E-state index in [1.807, 2.05) is 12.1 Å². The smallest absolute Gasteiger partial charge is 0.337 e. The van der Waals surface area contributed by atoms with Crippen LogP contribution in [-0.2, 0) is 11.2 Å². The van der Waals surface area contributed by atoms with Gasteiger partial charge < -0.3 is 30.5 Å². The lowest BCUT2D eigenvalue weighted by Crippen LogP contribution is -2.22. The molecular formula is C20H27N5O4. The van der Waals surface area contributed by atoms with E-state index in [9.17, 15) is 4.79 Å². The Hall–Kier alpha value is -3.07. The number of carbonyl (C=O) groups is 1. The van der Waals surface area contributed by atoms with Gasteiger partial charge in [-0.15, -0.1) is 0 Å². The van der Waals surface area contributed by atoms with Crippen molar-refractivity contribution in [1.82, 2.24) is 9.97 Å². The molecule has 0 bridgehead atoms. The molecule has 0 radical (unpaired) electrons. The molecule has 2 heterocycles. The van der Waals surface area contributed by atoms with Crippen molar-refractivity contribution in [3.05, 3.63) is 35.4 Å². The van der Waals surface area contributed by atoms with Gasteiger partial charge in [0.2, 0.25) is 5.95 Å². The topological polar surface area (TPSA) is 123 Å². The second-order valence-electron chi connectivity index (χ2n) is 6.94. The van der Waals surface area contributed by atoms with Gasteiger partial charge in [-0.1, -0.05) is 0 Å². The highest BCUT2D eigenvalue weighted by Gasteiger charge is 2.26. The molecule has 29 heavy (non-hydrogen) atoms. The van der Waals surface area contributed by atoms with E-state index in [-0.39, 0.29) is 18.5 Å². The number of hydrogen-bond acceptors (Lipinski definition) is 9. The molecule has 9 heteroatoms. The number of methoxy groups -OCH3 is 2. The summed E-state index contributed by atoms with van der Waals surface area (Å²) in [5.74, 6) is 2.33. The predicted molar refractivity (Wildman–Crippen MR) is 110 cm³/mol. The summed E-state index contributed by atoms with van der Waals surface area (Å²) in [5.41, 5.74) is 7.34. The number of aliphatic hydroxyl groups is 1. The van der Waals surface area contributed by atoms with Gasteiger partial charge in [0.15, 0.2) is 0 Å². The molecule has 1 aliphatic heterocycles. The molecule has 4 N–H and O–H groups in total. The Labute approximate surface area is 169 Å². The van der Waals surface area contributed by atoms with Gasteiger partial charge in [0, 0.05) is 25.7 Å². The zero-order chi connectivity index (χ0) is 20.8. The van der Waals surface area contributed by atoms with E-state index in [0.29, 0.717) is 23.8 Å². The number of ether oxygens (including phenoxy) is 2. The van der Waals surface area contributed by atoms with Crippen LogP contribution in [0.25, 0.3) is 0 Å². The van der Waals surface area contributed by atoms with Gasteiger partial charge >= 0.3 is 5.97 Å². The van der Waals surface area contributed by atoms with Crippen LogP contribution in [-0.4, -0.2) is 61.5 Å². The van der Waals surface area contributed by atoms with E-state index in [1.165, 1.54) is 7.11 Å². The fourth-order valence-electron chi connectivity index (χ4n) is 3.59. The summed E-state index contributed by atoms with van der Waals surface area (Å²) >= 11 is 0. The van der Waals surface area contributed by atoms with E-state index in [0.717, 1.165) is 43.1 Å². The third-order valence-corrected chi connectivity index (χ3v) is 4.97. The molecule has 1 aromatic heterocycles. The van der Waals surface area contributed by atoms with Crippen LogP contribution in [0.4, 0.5) is 17.6 Å². The van der Waals surface area contributed by atoms with Crippen molar-refractivity contribution in [2.45, 2.75) is 12.8 Å². The van der Waals surface area contributed by atoms with Gasteiger partial charge in [-0.05, 0) is 42.5 Å². The lowest BCUT2D eigenvalue weighted by atomic mass is 9.96. The highest BCUT2D eigenvalue weighted by atomic mass is 16.5. The van der Waals surface area contributed by atoms with Gasteiger partial charge in [0.05, 0.1) is 26.4 Å². The first-order valence-electron chi connectivity index (χ1n) is 9.53. The Morgan fingerprint density at radius 2 is 2.17 bits per heavy atom. The van der Waals surface area contributed by atoms with Crippen molar-refractivity contribution in [2.24, 2.45) is 5.92 Å². The molecule has 1 aliphatic rings. The minimum atomic E-state index is -0.360. The molecule has 156 valence electrons. The predicted octanol–water partition coefficient (Wildman–Crippen LogP) is 1.33. The zero-order valence-corrected chi connectivity index (χ0v) is 16.7. The zero-order valence-electron chi connectivity index (χ0n) is 16.7. The Balaban J connectivity index is 1.72. The third kappa shape index (κ3) is 5.05. The average Bonchev–Trinajstić information content (AvgIpc) is 3.19. The lowest BCUT2D eigenvalue weighted by molar-refractivity contribution is 0.0600. The number of aliphatic hydroxyl groups excluding tert-OH is 1. The summed E-state index contributed by atoms with van der Waals surface area (Å²) in [6.07, 6.45) is 1.76. The van der Waals surface area contributed by atoms with Crippen molar-refractivity contribution in [1.29, 1.82) is 0 Å². The molecule has 2 aromatic rings. The number of carbonyl (C=O) groups excluding carboxylic acids is 1.